The minimum absolute atomic E-state index is 0.373. The second kappa shape index (κ2) is 6.51. The van der Waals surface area contributed by atoms with Gasteiger partial charge in [-0.3, -0.25) is 0 Å². The van der Waals surface area contributed by atoms with Gasteiger partial charge in [0.05, 0.1) is 17.8 Å². The number of hydrogen-bond acceptors (Lipinski definition) is 6. The topological polar surface area (TPSA) is 73.3 Å². The molecule has 20 heavy (non-hydrogen) atoms. The molecule has 0 fully saturated rings. The highest BCUT2D eigenvalue weighted by Crippen LogP contribution is 2.26. The molecule has 0 aliphatic rings. The molecule has 0 spiro atoms. The van der Waals surface area contributed by atoms with Crippen LogP contribution in [0.5, 0.6) is 5.75 Å². The van der Waals surface area contributed by atoms with E-state index in [0.717, 1.165) is 9.26 Å². The van der Waals surface area contributed by atoms with Crippen molar-refractivity contribution < 1.29 is 14.3 Å². The number of anilines is 2. The van der Waals surface area contributed by atoms with Gasteiger partial charge in [0.2, 0.25) is 0 Å². The SMILES string of the molecule is COC(=O)c1ccc(Nc2ncncc2I)cc1OC. The van der Waals surface area contributed by atoms with Gasteiger partial charge in [0, 0.05) is 18.0 Å². The number of halogens is 1. The molecule has 104 valence electrons. The molecule has 1 aromatic carbocycles. The van der Waals surface area contributed by atoms with Crippen molar-refractivity contribution in [2.75, 3.05) is 19.5 Å². The monoisotopic (exact) mass is 385 g/mol. The van der Waals surface area contributed by atoms with Gasteiger partial charge >= 0.3 is 5.97 Å². The average Bonchev–Trinajstić information content (AvgIpc) is 2.48. The molecule has 0 aliphatic carbocycles. The number of aromatic nitrogens is 2. The standard InChI is InChI=1S/C13H12IN3O3/c1-19-11-5-8(3-4-9(11)13(18)20-2)17-12-10(14)6-15-7-16-12/h3-7H,1-2H3,(H,15,16,17). The summed E-state index contributed by atoms with van der Waals surface area (Å²) in [7, 11) is 2.83. The van der Waals surface area contributed by atoms with Crippen LogP contribution in [-0.4, -0.2) is 30.2 Å². The lowest BCUT2D eigenvalue weighted by Gasteiger charge is -2.11. The van der Waals surface area contributed by atoms with Crippen LogP contribution in [0.4, 0.5) is 11.5 Å². The van der Waals surface area contributed by atoms with E-state index in [1.54, 1.807) is 24.4 Å². The Hall–Kier alpha value is -1.90. The molecule has 0 saturated heterocycles. The van der Waals surface area contributed by atoms with Crippen LogP contribution in [0.15, 0.2) is 30.7 Å². The van der Waals surface area contributed by atoms with Gasteiger partial charge in [-0.05, 0) is 34.7 Å². The third kappa shape index (κ3) is 3.16. The minimum Gasteiger partial charge on any atom is -0.496 e. The summed E-state index contributed by atoms with van der Waals surface area (Å²) >= 11 is 2.14. The number of esters is 1. The molecule has 1 N–H and O–H groups in total. The molecule has 0 atom stereocenters. The van der Waals surface area contributed by atoms with Crippen molar-refractivity contribution in [2.45, 2.75) is 0 Å². The Bertz CT molecular complexity index is 634. The highest BCUT2D eigenvalue weighted by atomic mass is 127. The summed E-state index contributed by atoms with van der Waals surface area (Å²) in [6.07, 6.45) is 3.17. The summed E-state index contributed by atoms with van der Waals surface area (Å²) in [4.78, 5) is 19.6. The Morgan fingerprint density at radius 3 is 2.80 bits per heavy atom. The van der Waals surface area contributed by atoms with Crippen LogP contribution >= 0.6 is 22.6 Å². The second-order valence-electron chi connectivity index (χ2n) is 3.75. The second-order valence-corrected chi connectivity index (χ2v) is 4.91. The van der Waals surface area contributed by atoms with Crippen LogP contribution in [-0.2, 0) is 4.74 Å². The van der Waals surface area contributed by atoms with Gasteiger partial charge in [-0.15, -0.1) is 0 Å². The van der Waals surface area contributed by atoms with E-state index in [1.165, 1.54) is 20.5 Å². The fourth-order valence-electron chi connectivity index (χ4n) is 1.59. The molecule has 6 nitrogen and oxygen atoms in total. The first-order valence-electron chi connectivity index (χ1n) is 5.64. The van der Waals surface area contributed by atoms with Crippen molar-refractivity contribution in [1.82, 2.24) is 9.97 Å². The van der Waals surface area contributed by atoms with Gasteiger partial charge in [-0.1, -0.05) is 0 Å². The molecular formula is C13H12IN3O3. The molecule has 0 radical (unpaired) electrons. The molecule has 2 aromatic rings. The predicted molar refractivity (Wildman–Crippen MR) is 82.4 cm³/mol. The molecule has 1 heterocycles. The summed E-state index contributed by atoms with van der Waals surface area (Å²) in [6, 6.07) is 5.11. The van der Waals surface area contributed by atoms with Gasteiger partial charge in [0.15, 0.2) is 0 Å². The van der Waals surface area contributed by atoms with E-state index in [-0.39, 0.29) is 0 Å². The third-order valence-corrected chi connectivity index (χ3v) is 3.33. The highest BCUT2D eigenvalue weighted by molar-refractivity contribution is 14.1. The number of methoxy groups -OCH3 is 2. The zero-order chi connectivity index (χ0) is 14.5. The summed E-state index contributed by atoms with van der Waals surface area (Å²) in [5, 5.41) is 3.14. The quantitative estimate of drug-likeness (QED) is 0.645. The smallest absolute Gasteiger partial charge is 0.341 e. The third-order valence-electron chi connectivity index (χ3n) is 2.54. The van der Waals surface area contributed by atoms with Crippen molar-refractivity contribution >= 4 is 40.1 Å². The fourth-order valence-corrected chi connectivity index (χ4v) is 2.02. The van der Waals surface area contributed by atoms with Crippen molar-refractivity contribution in [3.8, 4) is 5.75 Å². The van der Waals surface area contributed by atoms with Crippen LogP contribution in [0.1, 0.15) is 10.4 Å². The molecule has 0 saturated carbocycles. The summed E-state index contributed by atoms with van der Waals surface area (Å²) in [6.45, 7) is 0. The normalized spacial score (nSPS) is 9.95. The Morgan fingerprint density at radius 2 is 2.15 bits per heavy atom. The van der Waals surface area contributed by atoms with Crippen LogP contribution < -0.4 is 10.1 Å². The van der Waals surface area contributed by atoms with Crippen molar-refractivity contribution in [1.29, 1.82) is 0 Å². The molecule has 0 aliphatic heterocycles. The number of rotatable bonds is 4. The Kier molecular flexibility index (Phi) is 4.72. The van der Waals surface area contributed by atoms with Gasteiger partial charge in [-0.2, -0.15) is 0 Å². The zero-order valence-corrected chi connectivity index (χ0v) is 13.0. The lowest BCUT2D eigenvalue weighted by Crippen LogP contribution is -2.05. The largest absolute Gasteiger partial charge is 0.496 e. The number of ether oxygens (including phenoxy) is 2. The maximum absolute atomic E-state index is 11.6. The van der Waals surface area contributed by atoms with E-state index in [0.29, 0.717) is 17.1 Å². The van der Waals surface area contributed by atoms with E-state index in [4.69, 9.17) is 9.47 Å². The number of carbonyl (C=O) groups excluding carboxylic acids is 1. The average molecular weight is 385 g/mol. The lowest BCUT2D eigenvalue weighted by atomic mass is 10.2. The fraction of sp³-hybridized carbons (Fsp3) is 0.154. The Balaban J connectivity index is 2.31. The van der Waals surface area contributed by atoms with Crippen LogP contribution in [0.2, 0.25) is 0 Å². The van der Waals surface area contributed by atoms with Gasteiger partial charge < -0.3 is 14.8 Å². The first kappa shape index (κ1) is 14.5. The van der Waals surface area contributed by atoms with E-state index < -0.39 is 5.97 Å². The summed E-state index contributed by atoms with van der Waals surface area (Å²) in [5.74, 6) is 0.685. The van der Waals surface area contributed by atoms with Crippen LogP contribution in [0.3, 0.4) is 0 Å². The van der Waals surface area contributed by atoms with E-state index in [1.807, 2.05) is 0 Å². The number of benzene rings is 1. The first-order valence-corrected chi connectivity index (χ1v) is 6.72. The zero-order valence-electron chi connectivity index (χ0n) is 10.9. The van der Waals surface area contributed by atoms with E-state index in [9.17, 15) is 4.79 Å². The molecule has 1 aromatic heterocycles. The number of hydrogen-bond donors (Lipinski definition) is 1. The number of carbonyl (C=O) groups is 1. The maximum atomic E-state index is 11.6. The molecule has 0 amide bonds. The molecule has 7 heteroatoms. The maximum Gasteiger partial charge on any atom is 0.341 e. The first-order chi connectivity index (χ1) is 9.65. The Labute approximate surface area is 129 Å². The highest BCUT2D eigenvalue weighted by Gasteiger charge is 2.13. The van der Waals surface area contributed by atoms with E-state index in [2.05, 4.69) is 37.9 Å². The van der Waals surface area contributed by atoms with Crippen molar-refractivity contribution in [3.05, 3.63) is 39.9 Å². The Morgan fingerprint density at radius 1 is 1.35 bits per heavy atom. The van der Waals surface area contributed by atoms with Gasteiger partial charge in [-0.25, -0.2) is 14.8 Å². The molecule has 0 unspecified atom stereocenters. The number of nitrogens with zero attached hydrogens (tertiary/aromatic N) is 2. The van der Waals surface area contributed by atoms with Crippen LogP contribution in [0.25, 0.3) is 0 Å². The summed E-state index contributed by atoms with van der Waals surface area (Å²) < 4.78 is 10.8. The number of nitrogens with one attached hydrogen (secondary N) is 1. The lowest BCUT2D eigenvalue weighted by molar-refractivity contribution is 0.0597. The van der Waals surface area contributed by atoms with Gasteiger partial charge in [0.1, 0.15) is 23.5 Å². The summed E-state index contributed by atoms with van der Waals surface area (Å²) in [5.41, 5.74) is 1.13. The minimum atomic E-state index is -0.440. The van der Waals surface area contributed by atoms with Gasteiger partial charge in [0.25, 0.3) is 0 Å². The molecule has 0 bridgehead atoms. The van der Waals surface area contributed by atoms with E-state index >= 15 is 0 Å². The molecule has 2 rings (SSSR count). The van der Waals surface area contributed by atoms with Crippen LogP contribution in [0, 0.1) is 3.57 Å². The molecular weight excluding hydrogens is 373 g/mol. The predicted octanol–water partition coefficient (Wildman–Crippen LogP) is 2.62. The van der Waals surface area contributed by atoms with Crippen molar-refractivity contribution in [2.24, 2.45) is 0 Å². The van der Waals surface area contributed by atoms with Crippen molar-refractivity contribution in [3.63, 3.8) is 0 Å².